The van der Waals surface area contributed by atoms with Crippen LogP contribution in [0, 0.1) is 5.82 Å². The van der Waals surface area contributed by atoms with Crippen LogP contribution < -0.4 is 10.2 Å². The Labute approximate surface area is 131 Å². The molecule has 23 heavy (non-hydrogen) atoms. The van der Waals surface area contributed by atoms with E-state index in [1.54, 1.807) is 30.3 Å². The van der Waals surface area contributed by atoms with Crippen molar-refractivity contribution < 1.29 is 18.3 Å². The lowest BCUT2D eigenvalue weighted by Gasteiger charge is -1.98. The normalized spacial score (nSPS) is 11.0. The molecule has 1 amide bonds. The summed E-state index contributed by atoms with van der Waals surface area (Å²) in [6.07, 6.45) is 1.35. The highest BCUT2D eigenvalue weighted by atomic mass is 19.1. The van der Waals surface area contributed by atoms with Gasteiger partial charge in [0.25, 0.3) is 0 Å². The van der Waals surface area contributed by atoms with Crippen molar-refractivity contribution in [2.24, 2.45) is 5.10 Å². The number of rotatable bonds is 4. The highest BCUT2D eigenvalue weighted by molar-refractivity contribution is 5.97. The number of amides is 1. The molecule has 0 spiro atoms. The largest absolute Gasteiger partial charge is 0.493 e. The maximum absolute atomic E-state index is 13.0. The maximum Gasteiger partial charge on any atom is 0.307 e. The van der Waals surface area contributed by atoms with E-state index in [0.717, 1.165) is 5.39 Å². The van der Waals surface area contributed by atoms with Crippen LogP contribution >= 0.6 is 0 Å². The van der Waals surface area contributed by atoms with Crippen molar-refractivity contribution in [3.63, 3.8) is 0 Å². The Kier molecular flexibility index (Phi) is 4.05. The summed E-state index contributed by atoms with van der Waals surface area (Å²) >= 11 is 0. The first kappa shape index (κ1) is 14.8. The smallest absolute Gasteiger partial charge is 0.307 e. The van der Waals surface area contributed by atoms with Crippen molar-refractivity contribution in [3.05, 3.63) is 65.7 Å². The number of hydrogen-bond donors (Lipinski definition) is 1. The van der Waals surface area contributed by atoms with Gasteiger partial charge in [0.2, 0.25) is 0 Å². The van der Waals surface area contributed by atoms with Crippen molar-refractivity contribution >= 4 is 23.1 Å². The standard InChI is InChI=1S/C17H13FN2O3/c1-22-14-7-3-5-12-9-15(23-16(12)14)17(21)20-19-10-11-4-2-6-13(18)8-11/h2-10H,1H3,(H,20,21)/b19-10-. The Bertz CT molecular complexity index is 886. The first-order valence-electron chi connectivity index (χ1n) is 6.83. The van der Waals surface area contributed by atoms with E-state index >= 15 is 0 Å². The molecule has 0 radical (unpaired) electrons. The summed E-state index contributed by atoms with van der Waals surface area (Å²) < 4.78 is 23.7. The zero-order valence-electron chi connectivity index (χ0n) is 12.2. The Balaban J connectivity index is 1.76. The summed E-state index contributed by atoms with van der Waals surface area (Å²) in [6, 6.07) is 12.8. The van der Waals surface area contributed by atoms with Gasteiger partial charge in [-0.25, -0.2) is 9.82 Å². The summed E-state index contributed by atoms with van der Waals surface area (Å²) in [5.74, 6) is -0.216. The number of halogens is 1. The van der Waals surface area contributed by atoms with Crippen LogP contribution in [0.4, 0.5) is 4.39 Å². The predicted octanol–water partition coefficient (Wildman–Crippen LogP) is 3.34. The number of fused-ring (bicyclic) bond motifs is 1. The minimum atomic E-state index is -0.504. The van der Waals surface area contributed by atoms with E-state index in [2.05, 4.69) is 10.5 Å². The molecule has 1 aromatic heterocycles. The molecule has 0 saturated heterocycles. The lowest BCUT2D eigenvalue weighted by molar-refractivity contribution is 0.0929. The van der Waals surface area contributed by atoms with Gasteiger partial charge in [0.1, 0.15) is 5.82 Å². The van der Waals surface area contributed by atoms with Crippen LogP contribution in [0.5, 0.6) is 5.75 Å². The molecule has 3 rings (SSSR count). The van der Waals surface area contributed by atoms with Crippen molar-refractivity contribution in [1.29, 1.82) is 0 Å². The van der Waals surface area contributed by atoms with Gasteiger partial charge in [0.15, 0.2) is 17.1 Å². The van der Waals surface area contributed by atoms with Crippen LogP contribution in [-0.2, 0) is 0 Å². The number of ether oxygens (including phenoxy) is 1. The molecule has 0 aliphatic carbocycles. The number of furan rings is 1. The highest BCUT2D eigenvalue weighted by Crippen LogP contribution is 2.28. The van der Waals surface area contributed by atoms with Crippen molar-refractivity contribution in [2.45, 2.75) is 0 Å². The van der Waals surface area contributed by atoms with Crippen LogP contribution in [0.25, 0.3) is 11.0 Å². The monoisotopic (exact) mass is 312 g/mol. The fraction of sp³-hybridized carbons (Fsp3) is 0.0588. The molecule has 0 unspecified atom stereocenters. The number of methoxy groups -OCH3 is 1. The van der Waals surface area contributed by atoms with E-state index in [0.29, 0.717) is 16.9 Å². The topological polar surface area (TPSA) is 63.8 Å². The summed E-state index contributed by atoms with van der Waals surface area (Å²) in [5, 5.41) is 4.54. The third-order valence-electron chi connectivity index (χ3n) is 3.18. The zero-order valence-corrected chi connectivity index (χ0v) is 12.2. The molecule has 1 heterocycles. The summed E-state index contributed by atoms with van der Waals surface area (Å²) in [4.78, 5) is 12.0. The molecule has 0 saturated carbocycles. The van der Waals surface area contributed by atoms with Gasteiger partial charge in [-0.1, -0.05) is 24.3 Å². The SMILES string of the molecule is COc1cccc2cc(C(=O)N/N=C\c3cccc(F)c3)oc12. The summed E-state index contributed by atoms with van der Waals surface area (Å²) in [7, 11) is 1.53. The lowest BCUT2D eigenvalue weighted by Crippen LogP contribution is -2.16. The quantitative estimate of drug-likeness (QED) is 0.593. The van der Waals surface area contributed by atoms with E-state index in [1.165, 1.54) is 25.5 Å². The highest BCUT2D eigenvalue weighted by Gasteiger charge is 2.14. The fourth-order valence-electron chi connectivity index (χ4n) is 2.12. The maximum atomic E-state index is 13.0. The summed E-state index contributed by atoms with van der Waals surface area (Å²) in [6.45, 7) is 0. The average molecular weight is 312 g/mol. The van der Waals surface area contributed by atoms with Gasteiger partial charge < -0.3 is 9.15 Å². The van der Waals surface area contributed by atoms with Crippen LogP contribution in [0.15, 0.2) is 58.0 Å². The van der Waals surface area contributed by atoms with E-state index < -0.39 is 5.91 Å². The molecule has 0 fully saturated rings. The molecule has 2 aromatic carbocycles. The molecule has 0 aliphatic rings. The number of carbonyl (C=O) groups is 1. The van der Waals surface area contributed by atoms with Gasteiger partial charge in [-0.3, -0.25) is 4.79 Å². The van der Waals surface area contributed by atoms with E-state index in [9.17, 15) is 9.18 Å². The van der Waals surface area contributed by atoms with Crippen LogP contribution in [0.2, 0.25) is 0 Å². The Morgan fingerprint density at radius 1 is 1.26 bits per heavy atom. The number of hydrogen-bond acceptors (Lipinski definition) is 4. The van der Waals surface area contributed by atoms with Crippen molar-refractivity contribution in [1.82, 2.24) is 5.43 Å². The van der Waals surface area contributed by atoms with E-state index in [4.69, 9.17) is 9.15 Å². The Morgan fingerprint density at radius 2 is 2.09 bits per heavy atom. The summed E-state index contributed by atoms with van der Waals surface area (Å²) in [5.41, 5.74) is 3.37. The van der Waals surface area contributed by atoms with E-state index in [-0.39, 0.29) is 11.6 Å². The number of nitrogens with one attached hydrogen (secondary N) is 1. The second-order valence-electron chi connectivity index (χ2n) is 4.74. The molecule has 0 bridgehead atoms. The molecule has 5 nitrogen and oxygen atoms in total. The molecule has 0 atom stereocenters. The van der Waals surface area contributed by atoms with Crippen LogP contribution in [-0.4, -0.2) is 19.2 Å². The van der Waals surface area contributed by atoms with Gasteiger partial charge in [-0.05, 0) is 29.8 Å². The van der Waals surface area contributed by atoms with Gasteiger partial charge in [0.05, 0.1) is 13.3 Å². The number of hydrazone groups is 1. The second-order valence-corrected chi connectivity index (χ2v) is 4.74. The zero-order chi connectivity index (χ0) is 16.2. The van der Waals surface area contributed by atoms with Gasteiger partial charge in [-0.15, -0.1) is 0 Å². The minimum absolute atomic E-state index is 0.112. The lowest BCUT2D eigenvalue weighted by atomic mass is 10.2. The first-order chi connectivity index (χ1) is 11.2. The Hall–Kier alpha value is -3.15. The van der Waals surface area contributed by atoms with Crippen molar-refractivity contribution in [3.8, 4) is 5.75 Å². The molecule has 1 N–H and O–H groups in total. The predicted molar refractivity (Wildman–Crippen MR) is 84.2 cm³/mol. The molecular weight excluding hydrogens is 299 g/mol. The second kappa shape index (κ2) is 6.31. The number of nitrogens with zero attached hydrogens (tertiary/aromatic N) is 1. The van der Waals surface area contributed by atoms with Gasteiger partial charge >= 0.3 is 5.91 Å². The van der Waals surface area contributed by atoms with Crippen molar-refractivity contribution in [2.75, 3.05) is 7.11 Å². The third-order valence-corrected chi connectivity index (χ3v) is 3.18. The number of para-hydroxylation sites is 1. The fourth-order valence-corrected chi connectivity index (χ4v) is 2.12. The van der Waals surface area contributed by atoms with Gasteiger partial charge in [-0.2, -0.15) is 5.10 Å². The molecule has 116 valence electrons. The molecule has 6 heteroatoms. The first-order valence-corrected chi connectivity index (χ1v) is 6.83. The number of carbonyl (C=O) groups excluding carboxylic acids is 1. The van der Waals surface area contributed by atoms with E-state index in [1.807, 2.05) is 6.07 Å². The average Bonchev–Trinajstić information content (AvgIpc) is 2.99. The van der Waals surface area contributed by atoms with Gasteiger partial charge in [0, 0.05) is 5.39 Å². The van der Waals surface area contributed by atoms with Crippen LogP contribution in [0.3, 0.4) is 0 Å². The third kappa shape index (κ3) is 3.21. The van der Waals surface area contributed by atoms with Crippen LogP contribution in [0.1, 0.15) is 16.1 Å². The molecule has 3 aromatic rings. The molecule has 0 aliphatic heterocycles. The molecular formula is C17H13FN2O3. The number of benzene rings is 2. The minimum Gasteiger partial charge on any atom is -0.493 e. The Morgan fingerprint density at radius 3 is 2.87 bits per heavy atom.